The van der Waals surface area contributed by atoms with Crippen LogP contribution in [-0.2, 0) is 16.2 Å². The number of hydrogen-bond donors (Lipinski definition) is 2. The third-order valence-electron chi connectivity index (χ3n) is 3.86. The number of nitrogens with zero attached hydrogens (tertiary/aromatic N) is 1. The fourth-order valence-electron chi connectivity index (χ4n) is 2.69. The van der Waals surface area contributed by atoms with Gasteiger partial charge in [-0.15, -0.1) is 0 Å². The minimum absolute atomic E-state index is 0.391. The lowest BCUT2D eigenvalue weighted by atomic mass is 9.95. The topological polar surface area (TPSA) is 79.3 Å². The van der Waals surface area contributed by atoms with Gasteiger partial charge in [0.05, 0.1) is 6.10 Å². The van der Waals surface area contributed by atoms with Crippen molar-refractivity contribution in [2.24, 2.45) is 0 Å². The number of hydrogen-bond acceptors (Lipinski definition) is 4. The van der Waals surface area contributed by atoms with Crippen molar-refractivity contribution in [3.8, 4) is 0 Å². The van der Waals surface area contributed by atoms with E-state index in [4.69, 9.17) is 0 Å². The summed E-state index contributed by atoms with van der Waals surface area (Å²) in [4.78, 5) is 2.24. The Balaban J connectivity index is 2.28. The number of rotatable bonds is 3. The molecule has 0 bridgehead atoms. The van der Waals surface area contributed by atoms with Gasteiger partial charge in [-0.2, -0.15) is 13.2 Å². The second kappa shape index (κ2) is 7.14. The van der Waals surface area contributed by atoms with Gasteiger partial charge in [0.25, 0.3) is 0 Å². The van der Waals surface area contributed by atoms with Gasteiger partial charge in [-0.1, -0.05) is 25.7 Å². The molecule has 0 saturated heterocycles. The van der Waals surface area contributed by atoms with Crippen molar-refractivity contribution in [2.45, 2.75) is 61.7 Å². The summed E-state index contributed by atoms with van der Waals surface area (Å²) in [6, 6.07) is 1.22. The van der Waals surface area contributed by atoms with Crippen LogP contribution in [0.25, 0.3) is 0 Å². The number of sulfonamides is 1. The number of alkyl halides is 3. The van der Waals surface area contributed by atoms with Crippen LogP contribution in [0.15, 0.2) is 23.2 Å². The Morgan fingerprint density at radius 3 is 2.48 bits per heavy atom. The lowest BCUT2D eigenvalue weighted by Gasteiger charge is -2.26. The third-order valence-corrected chi connectivity index (χ3v) is 5.39. The second-order valence-corrected chi connectivity index (χ2v) is 7.32. The Morgan fingerprint density at radius 2 is 1.83 bits per heavy atom. The summed E-state index contributed by atoms with van der Waals surface area (Å²) < 4.78 is 65.8. The fraction of sp³-hybridized carbons (Fsp3) is 0.643. The normalized spacial score (nSPS) is 24.0. The van der Waals surface area contributed by atoms with Crippen LogP contribution in [0.1, 0.15) is 44.2 Å². The molecule has 0 aromatic carbocycles. The quantitative estimate of drug-likeness (QED) is 0.876. The zero-order chi connectivity index (χ0) is 17.1. The predicted octanol–water partition coefficient (Wildman–Crippen LogP) is 2.46. The predicted molar refractivity (Wildman–Crippen MR) is 77.1 cm³/mol. The summed E-state index contributed by atoms with van der Waals surface area (Å²) >= 11 is 0. The Morgan fingerprint density at radius 1 is 1.17 bits per heavy atom. The smallest absolute Gasteiger partial charge is 0.391 e. The molecule has 1 fully saturated rings. The fourth-order valence-corrected chi connectivity index (χ4v) is 4.17. The molecule has 0 radical (unpaired) electrons. The highest BCUT2D eigenvalue weighted by atomic mass is 32.2. The molecule has 23 heavy (non-hydrogen) atoms. The molecule has 1 aromatic rings. The molecule has 0 amide bonds. The number of aromatic nitrogens is 1. The van der Waals surface area contributed by atoms with Crippen molar-refractivity contribution in [1.29, 1.82) is 0 Å². The van der Waals surface area contributed by atoms with Crippen molar-refractivity contribution >= 4 is 10.0 Å². The first-order valence-electron chi connectivity index (χ1n) is 7.44. The van der Waals surface area contributed by atoms with Crippen molar-refractivity contribution in [2.75, 3.05) is 0 Å². The molecule has 1 saturated carbocycles. The highest BCUT2D eigenvalue weighted by molar-refractivity contribution is 7.89. The Bertz CT molecular complexity index is 634. The second-order valence-electron chi connectivity index (χ2n) is 5.63. The monoisotopic (exact) mass is 352 g/mol. The van der Waals surface area contributed by atoms with E-state index in [2.05, 4.69) is 9.71 Å². The SMILES string of the molecule is O=S(=O)(N[C@H]1CCCCCC[C@@H]1O)c1cccnc1C(F)(F)F. The molecule has 130 valence electrons. The molecule has 2 N–H and O–H groups in total. The average molecular weight is 352 g/mol. The molecule has 5 nitrogen and oxygen atoms in total. The van der Waals surface area contributed by atoms with Crippen LogP contribution in [0.5, 0.6) is 0 Å². The Kier molecular flexibility index (Phi) is 5.64. The first-order chi connectivity index (χ1) is 10.7. The minimum Gasteiger partial charge on any atom is -0.391 e. The Hall–Kier alpha value is -1.19. The summed E-state index contributed by atoms with van der Waals surface area (Å²) in [5, 5.41) is 10.0. The molecule has 0 aliphatic heterocycles. The van der Waals surface area contributed by atoms with E-state index in [-0.39, 0.29) is 0 Å². The van der Waals surface area contributed by atoms with Gasteiger partial charge < -0.3 is 5.11 Å². The van der Waals surface area contributed by atoms with E-state index in [1.54, 1.807) is 0 Å². The summed E-state index contributed by atoms with van der Waals surface area (Å²) in [6.07, 6.45) is -0.728. The van der Waals surface area contributed by atoms with Gasteiger partial charge in [-0.25, -0.2) is 13.1 Å². The van der Waals surface area contributed by atoms with E-state index >= 15 is 0 Å². The van der Waals surface area contributed by atoms with E-state index in [1.807, 2.05) is 0 Å². The maximum Gasteiger partial charge on any atom is 0.434 e. The molecule has 2 atom stereocenters. The molecule has 1 aromatic heterocycles. The molecule has 0 spiro atoms. The van der Waals surface area contributed by atoms with Crippen LogP contribution in [0, 0.1) is 0 Å². The summed E-state index contributed by atoms with van der Waals surface area (Å²) in [6.45, 7) is 0. The van der Waals surface area contributed by atoms with Gasteiger partial charge in [0.2, 0.25) is 10.0 Å². The lowest BCUT2D eigenvalue weighted by Crippen LogP contribution is -2.44. The van der Waals surface area contributed by atoms with Gasteiger partial charge in [-0.05, 0) is 25.0 Å². The number of aliphatic hydroxyl groups excluding tert-OH is 1. The van der Waals surface area contributed by atoms with E-state index in [0.717, 1.165) is 37.6 Å². The number of halogens is 3. The molecule has 2 rings (SSSR count). The largest absolute Gasteiger partial charge is 0.434 e. The number of aliphatic hydroxyl groups is 1. The van der Waals surface area contributed by atoms with Crippen LogP contribution in [0.4, 0.5) is 13.2 Å². The third kappa shape index (κ3) is 4.65. The first-order valence-corrected chi connectivity index (χ1v) is 8.93. The van der Waals surface area contributed by atoms with Crippen LogP contribution in [0.2, 0.25) is 0 Å². The maximum absolute atomic E-state index is 12.9. The minimum atomic E-state index is -4.87. The van der Waals surface area contributed by atoms with Gasteiger partial charge in [-0.3, -0.25) is 4.98 Å². The van der Waals surface area contributed by atoms with Gasteiger partial charge in [0.1, 0.15) is 4.90 Å². The zero-order valence-corrected chi connectivity index (χ0v) is 13.2. The maximum atomic E-state index is 12.9. The summed E-state index contributed by atoms with van der Waals surface area (Å²) in [5.41, 5.74) is -1.45. The zero-order valence-electron chi connectivity index (χ0n) is 12.4. The molecule has 1 aliphatic rings. The van der Waals surface area contributed by atoms with E-state index < -0.39 is 38.9 Å². The molecule has 1 aliphatic carbocycles. The van der Waals surface area contributed by atoms with Crippen molar-refractivity contribution in [3.63, 3.8) is 0 Å². The molecule has 9 heteroatoms. The van der Waals surface area contributed by atoms with E-state index in [0.29, 0.717) is 19.3 Å². The van der Waals surface area contributed by atoms with Gasteiger partial charge in [0, 0.05) is 12.2 Å². The van der Waals surface area contributed by atoms with Crippen molar-refractivity contribution < 1.29 is 26.7 Å². The first kappa shape index (κ1) is 18.2. The van der Waals surface area contributed by atoms with Crippen LogP contribution in [-0.4, -0.2) is 30.7 Å². The number of nitrogens with one attached hydrogen (secondary N) is 1. The lowest BCUT2D eigenvalue weighted by molar-refractivity contribution is -0.143. The standard InChI is InChI=1S/C14H19F3N2O3S/c15-14(16,17)13-12(8-5-9-18-13)23(21,22)19-10-6-3-1-2-4-7-11(10)20/h5,8-11,19-20H,1-4,6-7H2/t10-,11-/m0/s1. The summed E-state index contributed by atoms with van der Waals surface area (Å²) in [5.74, 6) is 0. The van der Waals surface area contributed by atoms with E-state index in [1.165, 1.54) is 0 Å². The molecule has 1 heterocycles. The molecule has 0 unspecified atom stereocenters. The van der Waals surface area contributed by atoms with Crippen LogP contribution >= 0.6 is 0 Å². The Labute approximate surface area is 133 Å². The van der Waals surface area contributed by atoms with Gasteiger partial charge in [0.15, 0.2) is 5.69 Å². The van der Waals surface area contributed by atoms with Crippen molar-refractivity contribution in [3.05, 3.63) is 24.0 Å². The van der Waals surface area contributed by atoms with Crippen LogP contribution in [0.3, 0.4) is 0 Å². The van der Waals surface area contributed by atoms with Crippen molar-refractivity contribution in [1.82, 2.24) is 9.71 Å². The highest BCUT2D eigenvalue weighted by Crippen LogP contribution is 2.32. The average Bonchev–Trinajstić information content (AvgIpc) is 2.46. The number of pyridine rings is 1. The van der Waals surface area contributed by atoms with Gasteiger partial charge >= 0.3 is 6.18 Å². The highest BCUT2D eigenvalue weighted by Gasteiger charge is 2.39. The van der Waals surface area contributed by atoms with Crippen LogP contribution < -0.4 is 4.72 Å². The molecular formula is C14H19F3N2O3S. The van der Waals surface area contributed by atoms with E-state index in [9.17, 15) is 26.7 Å². The summed E-state index contributed by atoms with van der Waals surface area (Å²) in [7, 11) is -4.43. The molecular weight excluding hydrogens is 333 g/mol.